The van der Waals surface area contributed by atoms with Crippen molar-refractivity contribution in [1.29, 1.82) is 0 Å². The molecule has 0 amide bonds. The molecule has 7 N–H and O–H groups in total. The summed E-state index contributed by atoms with van der Waals surface area (Å²) >= 11 is 0. The first-order valence-electron chi connectivity index (χ1n) is 15.7. The summed E-state index contributed by atoms with van der Waals surface area (Å²) in [7, 11) is 2.35. The molecule has 0 aromatic heterocycles. The summed E-state index contributed by atoms with van der Waals surface area (Å²) in [5, 5.41) is 11.4. The van der Waals surface area contributed by atoms with Gasteiger partial charge in [-0.1, -0.05) is 6.92 Å². The lowest BCUT2D eigenvalue weighted by Gasteiger charge is -2.85. The van der Waals surface area contributed by atoms with Crippen molar-refractivity contribution in [3.05, 3.63) is 0 Å². The topological polar surface area (TPSA) is 94.6 Å². The van der Waals surface area contributed by atoms with E-state index >= 15 is 0 Å². The molecule has 0 radical (unpaired) electrons. The standard InChI is InChI=1S/C29H53N7/c1-4-17-12-26(33-25(31)11-16(2)30)34-28(32-17)35(3)20-13-18-5-6-19(14-20)36(18)15-29-23-9-7-21(23)27(29)22-8-10-24(22)29/h16-28,32-34H,4-15,30-31H2,1-3H3. The highest BCUT2D eigenvalue weighted by atomic mass is 15.4. The lowest BCUT2D eigenvalue weighted by Crippen LogP contribution is -2.81. The van der Waals surface area contributed by atoms with E-state index in [4.69, 9.17) is 11.5 Å². The van der Waals surface area contributed by atoms with Crippen LogP contribution in [0.25, 0.3) is 0 Å². The average Bonchev–Trinajstić information content (AvgIpc) is 3.02. The number of nitrogens with one attached hydrogen (secondary N) is 3. The normalized spacial score (nSPS) is 52.7. The first-order valence-corrected chi connectivity index (χ1v) is 15.7. The van der Waals surface area contributed by atoms with E-state index in [2.05, 4.69) is 39.7 Å². The van der Waals surface area contributed by atoms with Crippen LogP contribution in [0, 0.1) is 35.0 Å². The molecule has 0 aromatic carbocycles. The second-order valence-corrected chi connectivity index (χ2v) is 14.3. The molecule has 2 bridgehead atoms. The summed E-state index contributed by atoms with van der Waals surface area (Å²) in [6.07, 6.45) is 15.1. The minimum absolute atomic E-state index is 0.0603. The van der Waals surface area contributed by atoms with Gasteiger partial charge in [-0.2, -0.15) is 0 Å². The maximum absolute atomic E-state index is 6.37. The minimum Gasteiger partial charge on any atom is -0.328 e. The fourth-order valence-corrected chi connectivity index (χ4v) is 10.8. The van der Waals surface area contributed by atoms with Gasteiger partial charge in [0, 0.05) is 36.8 Å². The van der Waals surface area contributed by atoms with Gasteiger partial charge in [-0.25, -0.2) is 0 Å². The van der Waals surface area contributed by atoms with Crippen molar-refractivity contribution < 1.29 is 0 Å². The molecule has 7 fully saturated rings. The van der Waals surface area contributed by atoms with Crippen LogP contribution in [0.3, 0.4) is 0 Å². The predicted molar refractivity (Wildman–Crippen MR) is 145 cm³/mol. The maximum atomic E-state index is 6.37. The maximum Gasteiger partial charge on any atom is 0.115 e. The summed E-state index contributed by atoms with van der Waals surface area (Å²) in [6, 6.07) is 2.90. The van der Waals surface area contributed by atoms with E-state index < -0.39 is 0 Å². The molecule has 0 spiro atoms. The molecular formula is C29H53N7. The third-order valence-electron chi connectivity index (χ3n) is 12.7. The molecule has 4 saturated carbocycles. The van der Waals surface area contributed by atoms with Crippen molar-refractivity contribution >= 4 is 0 Å². The van der Waals surface area contributed by atoms with Crippen molar-refractivity contribution in [2.75, 3.05) is 13.6 Å². The molecule has 4 aliphatic carbocycles. The Hall–Kier alpha value is -0.280. The van der Waals surface area contributed by atoms with Gasteiger partial charge < -0.3 is 11.5 Å². The molecule has 3 saturated heterocycles. The van der Waals surface area contributed by atoms with Crippen LogP contribution in [0.4, 0.5) is 0 Å². The van der Waals surface area contributed by atoms with Crippen LogP contribution in [0.5, 0.6) is 0 Å². The Labute approximate surface area is 219 Å². The second kappa shape index (κ2) is 9.14. The Balaban J connectivity index is 0.986. The molecule has 7 rings (SSSR count). The van der Waals surface area contributed by atoms with Crippen LogP contribution in [0.15, 0.2) is 0 Å². The van der Waals surface area contributed by atoms with Gasteiger partial charge in [-0.05, 0) is 120 Å². The summed E-state index contributed by atoms with van der Waals surface area (Å²) in [4.78, 5) is 5.70. The van der Waals surface area contributed by atoms with E-state index in [0.717, 1.165) is 66.4 Å². The number of nitrogens with zero attached hydrogens (tertiary/aromatic N) is 2. The zero-order chi connectivity index (χ0) is 24.8. The van der Waals surface area contributed by atoms with Crippen molar-refractivity contribution in [2.45, 2.75) is 133 Å². The van der Waals surface area contributed by atoms with Crippen LogP contribution in [0.1, 0.15) is 84.5 Å². The molecule has 7 aliphatic rings. The Kier molecular flexibility index (Phi) is 6.28. The van der Waals surface area contributed by atoms with Crippen molar-refractivity contribution in [1.82, 2.24) is 25.8 Å². The van der Waals surface area contributed by atoms with Crippen LogP contribution >= 0.6 is 0 Å². The van der Waals surface area contributed by atoms with Gasteiger partial charge >= 0.3 is 0 Å². The number of fused-ring (bicyclic) bond motifs is 9. The lowest BCUT2D eigenvalue weighted by molar-refractivity contribution is -0.367. The minimum atomic E-state index is -0.0603. The Morgan fingerprint density at radius 1 is 0.972 bits per heavy atom. The molecule has 11 atom stereocenters. The van der Waals surface area contributed by atoms with Crippen molar-refractivity contribution in [2.24, 2.45) is 46.5 Å². The number of hydrogen-bond donors (Lipinski definition) is 5. The molecule has 3 aliphatic heterocycles. The van der Waals surface area contributed by atoms with Gasteiger partial charge in [0.05, 0.1) is 12.3 Å². The molecule has 7 heteroatoms. The first kappa shape index (κ1) is 24.7. The van der Waals surface area contributed by atoms with E-state index in [0.29, 0.717) is 12.1 Å². The predicted octanol–water partition coefficient (Wildman–Crippen LogP) is 2.18. The fraction of sp³-hybridized carbons (Fsp3) is 1.00. The van der Waals surface area contributed by atoms with E-state index in [1.54, 1.807) is 25.7 Å². The first-order chi connectivity index (χ1) is 17.4. The largest absolute Gasteiger partial charge is 0.328 e. The third kappa shape index (κ3) is 3.63. The van der Waals surface area contributed by atoms with Gasteiger partial charge in [0.15, 0.2) is 0 Å². The zero-order valence-electron chi connectivity index (χ0n) is 23.0. The number of piperidine rings is 1. The number of nitrogens with two attached hydrogens (primary N) is 2. The van der Waals surface area contributed by atoms with Crippen LogP contribution in [-0.2, 0) is 0 Å². The Morgan fingerprint density at radius 2 is 1.64 bits per heavy atom. The molecule has 11 unspecified atom stereocenters. The highest BCUT2D eigenvalue weighted by Crippen LogP contribution is 2.84. The highest BCUT2D eigenvalue weighted by molar-refractivity contribution is 5.28. The van der Waals surface area contributed by atoms with Crippen LogP contribution < -0.4 is 27.4 Å². The summed E-state index contributed by atoms with van der Waals surface area (Å²) in [5.41, 5.74) is 13.1. The fourth-order valence-electron chi connectivity index (χ4n) is 10.8. The van der Waals surface area contributed by atoms with E-state index in [1.807, 2.05) is 6.92 Å². The van der Waals surface area contributed by atoms with Gasteiger partial charge in [-0.3, -0.25) is 25.8 Å². The van der Waals surface area contributed by atoms with Crippen molar-refractivity contribution in [3.8, 4) is 0 Å². The van der Waals surface area contributed by atoms with Crippen LogP contribution in [-0.4, -0.2) is 72.2 Å². The van der Waals surface area contributed by atoms with Gasteiger partial charge in [-0.15, -0.1) is 0 Å². The molecule has 0 aromatic rings. The zero-order valence-corrected chi connectivity index (χ0v) is 23.0. The molecular weight excluding hydrogens is 446 g/mol. The third-order valence-corrected chi connectivity index (χ3v) is 12.7. The van der Waals surface area contributed by atoms with Gasteiger partial charge in [0.2, 0.25) is 0 Å². The van der Waals surface area contributed by atoms with E-state index in [-0.39, 0.29) is 24.7 Å². The molecule has 204 valence electrons. The van der Waals surface area contributed by atoms with E-state index in [1.165, 1.54) is 32.2 Å². The van der Waals surface area contributed by atoms with Gasteiger partial charge in [0.1, 0.15) is 6.29 Å². The Morgan fingerprint density at radius 3 is 2.19 bits per heavy atom. The summed E-state index contributed by atoms with van der Waals surface area (Å²) < 4.78 is 0. The lowest BCUT2D eigenvalue weighted by atomic mass is 9.21. The smallest absolute Gasteiger partial charge is 0.115 e. The Bertz CT molecular complexity index is 785. The molecule has 7 nitrogen and oxygen atoms in total. The molecule has 36 heavy (non-hydrogen) atoms. The quantitative estimate of drug-likeness (QED) is 0.311. The molecule has 3 heterocycles. The van der Waals surface area contributed by atoms with Crippen LogP contribution in [0.2, 0.25) is 0 Å². The van der Waals surface area contributed by atoms with Crippen molar-refractivity contribution in [3.63, 3.8) is 0 Å². The highest BCUT2D eigenvalue weighted by Gasteiger charge is 2.80. The number of hydrogen-bond acceptors (Lipinski definition) is 7. The summed E-state index contributed by atoms with van der Waals surface area (Å²) in [6.45, 7) is 5.80. The number of rotatable bonds is 9. The summed E-state index contributed by atoms with van der Waals surface area (Å²) in [5.74, 6) is 5.65. The van der Waals surface area contributed by atoms with E-state index in [9.17, 15) is 0 Å². The monoisotopic (exact) mass is 499 g/mol. The second-order valence-electron chi connectivity index (χ2n) is 14.3. The SMILES string of the molecule is CCC1CC(NC(N)CC(C)N)NC(N(C)C2CC3CCC(C2)N3CC23C4CCC4C2C2CCC23)N1. The van der Waals surface area contributed by atoms with Gasteiger partial charge in [0.25, 0.3) is 0 Å². The average molecular weight is 500 g/mol.